The fraction of sp³-hybridized carbons (Fsp3) is 0.556. The zero-order chi connectivity index (χ0) is 20.1. The van der Waals surface area contributed by atoms with E-state index in [-0.39, 0.29) is 16.5 Å². The Bertz CT molecular complexity index is 755. The molecule has 0 fully saturated rings. The molecule has 1 amide bonds. The number of esters is 1. The number of benzene rings is 1. The third kappa shape index (κ3) is 5.28. The lowest BCUT2D eigenvalue weighted by Gasteiger charge is -2.20. The van der Waals surface area contributed by atoms with Gasteiger partial charge in [-0.05, 0) is 45.4 Å². The van der Waals surface area contributed by atoms with Crippen molar-refractivity contribution in [3.63, 3.8) is 0 Å². The fourth-order valence-electron chi connectivity index (χ4n) is 2.39. The normalized spacial score (nSPS) is 12.9. The van der Waals surface area contributed by atoms with Crippen molar-refractivity contribution in [1.29, 1.82) is 0 Å². The molecule has 1 aromatic carbocycles. The van der Waals surface area contributed by atoms with E-state index in [0.29, 0.717) is 18.7 Å². The Morgan fingerprint density at radius 2 is 1.73 bits per heavy atom. The third-order valence-electron chi connectivity index (χ3n) is 3.83. The highest BCUT2D eigenvalue weighted by atomic mass is 32.2. The van der Waals surface area contributed by atoms with Crippen molar-refractivity contribution in [2.45, 2.75) is 58.6 Å². The van der Waals surface area contributed by atoms with E-state index in [1.807, 2.05) is 0 Å². The summed E-state index contributed by atoms with van der Waals surface area (Å²) in [5.74, 6) is -1.15. The molecule has 1 aromatic rings. The standard InChI is InChI=1S/C18H28N2O5S/c1-7-20(8-2)26(23,24)16-11-15(10-9-13(16)5)18(22)25-14(6)17(21)19-12(3)4/h9-12,14H,7-8H2,1-6H3,(H,19,21). The van der Waals surface area contributed by atoms with Crippen molar-refractivity contribution in [3.8, 4) is 0 Å². The molecule has 0 aliphatic heterocycles. The summed E-state index contributed by atoms with van der Waals surface area (Å²) in [6, 6.07) is 4.28. The number of nitrogens with one attached hydrogen (secondary N) is 1. The van der Waals surface area contributed by atoms with Crippen LogP contribution in [0.1, 0.15) is 50.5 Å². The van der Waals surface area contributed by atoms with Crippen LogP contribution in [0.5, 0.6) is 0 Å². The van der Waals surface area contributed by atoms with Gasteiger partial charge in [0.1, 0.15) is 0 Å². The van der Waals surface area contributed by atoms with E-state index >= 15 is 0 Å². The minimum absolute atomic E-state index is 0.0648. The van der Waals surface area contributed by atoms with Crippen LogP contribution in [-0.4, -0.2) is 49.8 Å². The predicted octanol–water partition coefficient (Wildman–Crippen LogP) is 2.10. The number of hydrogen-bond acceptors (Lipinski definition) is 5. The molecular formula is C18H28N2O5S. The zero-order valence-electron chi connectivity index (χ0n) is 16.2. The van der Waals surface area contributed by atoms with Crippen molar-refractivity contribution in [3.05, 3.63) is 29.3 Å². The highest BCUT2D eigenvalue weighted by molar-refractivity contribution is 7.89. The van der Waals surface area contributed by atoms with Gasteiger partial charge < -0.3 is 10.1 Å². The SMILES string of the molecule is CCN(CC)S(=O)(=O)c1cc(C(=O)OC(C)C(=O)NC(C)C)ccc1C. The van der Waals surface area contributed by atoms with Crippen LogP contribution in [0.2, 0.25) is 0 Å². The minimum atomic E-state index is -3.70. The number of aryl methyl sites for hydroxylation is 1. The van der Waals surface area contributed by atoms with E-state index < -0.39 is 28.0 Å². The molecule has 1 unspecified atom stereocenters. The van der Waals surface area contributed by atoms with Crippen LogP contribution in [0, 0.1) is 6.92 Å². The number of sulfonamides is 1. The summed E-state index contributed by atoms with van der Waals surface area (Å²) in [5.41, 5.74) is 0.629. The maximum atomic E-state index is 12.8. The van der Waals surface area contributed by atoms with Gasteiger partial charge in [0.2, 0.25) is 10.0 Å². The molecule has 0 radical (unpaired) electrons. The number of amides is 1. The Labute approximate surface area is 155 Å². The first-order valence-corrected chi connectivity index (χ1v) is 10.1. The molecule has 0 aliphatic carbocycles. The maximum absolute atomic E-state index is 12.8. The highest BCUT2D eigenvalue weighted by Gasteiger charge is 2.26. The fourth-order valence-corrected chi connectivity index (χ4v) is 4.10. The van der Waals surface area contributed by atoms with Gasteiger partial charge in [-0.15, -0.1) is 0 Å². The molecule has 0 spiro atoms. The number of hydrogen-bond donors (Lipinski definition) is 1. The van der Waals surface area contributed by atoms with Gasteiger partial charge in [0.05, 0.1) is 10.5 Å². The van der Waals surface area contributed by atoms with Crippen LogP contribution in [-0.2, 0) is 19.6 Å². The van der Waals surface area contributed by atoms with Gasteiger partial charge >= 0.3 is 5.97 Å². The summed E-state index contributed by atoms with van der Waals surface area (Å²) in [5, 5.41) is 2.66. The molecule has 0 saturated heterocycles. The first kappa shape index (κ1) is 22.1. The van der Waals surface area contributed by atoms with Gasteiger partial charge in [-0.3, -0.25) is 4.79 Å². The molecule has 0 heterocycles. The highest BCUT2D eigenvalue weighted by Crippen LogP contribution is 2.22. The van der Waals surface area contributed by atoms with Crippen LogP contribution in [0.3, 0.4) is 0 Å². The topological polar surface area (TPSA) is 92.8 Å². The van der Waals surface area contributed by atoms with Gasteiger partial charge in [0.25, 0.3) is 5.91 Å². The van der Waals surface area contributed by atoms with Gasteiger partial charge in [-0.2, -0.15) is 4.31 Å². The van der Waals surface area contributed by atoms with Crippen molar-refractivity contribution in [2.24, 2.45) is 0 Å². The van der Waals surface area contributed by atoms with Gasteiger partial charge in [0.15, 0.2) is 6.10 Å². The zero-order valence-corrected chi connectivity index (χ0v) is 17.0. The quantitative estimate of drug-likeness (QED) is 0.693. The predicted molar refractivity (Wildman–Crippen MR) is 99.4 cm³/mol. The Morgan fingerprint density at radius 1 is 1.15 bits per heavy atom. The van der Waals surface area contributed by atoms with E-state index in [2.05, 4.69) is 5.32 Å². The molecule has 1 N–H and O–H groups in total. The van der Waals surface area contributed by atoms with Crippen LogP contribution in [0.4, 0.5) is 0 Å². The average Bonchev–Trinajstić information content (AvgIpc) is 2.55. The van der Waals surface area contributed by atoms with E-state index in [1.54, 1.807) is 40.7 Å². The van der Waals surface area contributed by atoms with Gasteiger partial charge in [-0.1, -0.05) is 19.9 Å². The van der Waals surface area contributed by atoms with Crippen molar-refractivity contribution in [1.82, 2.24) is 9.62 Å². The average molecular weight is 384 g/mol. The summed E-state index contributed by atoms with van der Waals surface area (Å²) >= 11 is 0. The lowest BCUT2D eigenvalue weighted by molar-refractivity contribution is -0.129. The van der Waals surface area contributed by atoms with Crippen LogP contribution < -0.4 is 5.32 Å². The Hall–Kier alpha value is -1.93. The first-order chi connectivity index (χ1) is 12.0. The second-order valence-corrected chi connectivity index (χ2v) is 8.19. The van der Waals surface area contributed by atoms with Crippen molar-refractivity contribution in [2.75, 3.05) is 13.1 Å². The number of carbonyl (C=O) groups is 2. The summed E-state index contributed by atoms with van der Waals surface area (Å²) < 4.78 is 32.0. The number of rotatable bonds is 8. The van der Waals surface area contributed by atoms with Crippen LogP contribution in [0.25, 0.3) is 0 Å². The molecule has 8 heteroatoms. The largest absolute Gasteiger partial charge is 0.449 e. The minimum Gasteiger partial charge on any atom is -0.449 e. The first-order valence-electron chi connectivity index (χ1n) is 8.66. The Morgan fingerprint density at radius 3 is 2.23 bits per heavy atom. The summed E-state index contributed by atoms with van der Waals surface area (Å²) in [6.45, 7) is 10.9. The number of carbonyl (C=O) groups excluding carboxylic acids is 2. The molecule has 146 valence electrons. The molecule has 26 heavy (non-hydrogen) atoms. The van der Waals surface area contributed by atoms with Gasteiger partial charge in [-0.25, -0.2) is 13.2 Å². The molecule has 0 aromatic heterocycles. The van der Waals surface area contributed by atoms with Crippen molar-refractivity contribution < 1.29 is 22.7 Å². The molecule has 0 bridgehead atoms. The summed E-state index contributed by atoms with van der Waals surface area (Å²) in [6.07, 6.45) is -0.978. The van der Waals surface area contributed by atoms with Gasteiger partial charge in [0, 0.05) is 19.1 Å². The molecule has 1 rings (SSSR count). The smallest absolute Gasteiger partial charge is 0.338 e. The summed E-state index contributed by atoms with van der Waals surface area (Å²) in [7, 11) is -3.70. The Balaban J connectivity index is 3.10. The van der Waals surface area contributed by atoms with E-state index in [9.17, 15) is 18.0 Å². The lowest BCUT2D eigenvalue weighted by atomic mass is 10.1. The van der Waals surface area contributed by atoms with Crippen LogP contribution in [0.15, 0.2) is 23.1 Å². The lowest BCUT2D eigenvalue weighted by Crippen LogP contribution is -2.39. The van der Waals surface area contributed by atoms with Crippen LogP contribution >= 0.6 is 0 Å². The molecular weight excluding hydrogens is 356 g/mol. The molecule has 0 aliphatic rings. The molecule has 7 nitrogen and oxygen atoms in total. The third-order valence-corrected chi connectivity index (χ3v) is 6.02. The summed E-state index contributed by atoms with van der Waals surface area (Å²) in [4.78, 5) is 24.3. The number of ether oxygens (including phenoxy) is 1. The van der Waals surface area contributed by atoms with E-state index in [1.165, 1.54) is 23.4 Å². The molecule has 0 saturated carbocycles. The maximum Gasteiger partial charge on any atom is 0.338 e. The monoisotopic (exact) mass is 384 g/mol. The number of nitrogens with zero attached hydrogens (tertiary/aromatic N) is 1. The Kier molecular flexibility index (Phi) is 7.77. The van der Waals surface area contributed by atoms with Crippen molar-refractivity contribution >= 4 is 21.9 Å². The van der Waals surface area contributed by atoms with E-state index in [0.717, 1.165) is 0 Å². The second-order valence-electron chi connectivity index (χ2n) is 6.28. The second kappa shape index (κ2) is 9.14. The van der Waals surface area contributed by atoms with E-state index in [4.69, 9.17) is 4.74 Å². The molecule has 1 atom stereocenters.